The Balaban J connectivity index is 1.79. The van der Waals surface area contributed by atoms with Gasteiger partial charge in [0.25, 0.3) is 5.91 Å². The van der Waals surface area contributed by atoms with Gasteiger partial charge in [-0.05, 0) is 30.2 Å². The van der Waals surface area contributed by atoms with Crippen molar-refractivity contribution < 1.29 is 9.53 Å². The third-order valence-electron chi connectivity index (χ3n) is 3.00. The summed E-state index contributed by atoms with van der Waals surface area (Å²) in [4.78, 5) is 11.6. The number of halogens is 1. The first-order valence-corrected chi connectivity index (χ1v) is 7.35. The second-order valence-corrected chi connectivity index (χ2v) is 5.01. The van der Waals surface area contributed by atoms with Crippen molar-refractivity contribution in [2.24, 2.45) is 5.10 Å². The van der Waals surface area contributed by atoms with Gasteiger partial charge in [-0.15, -0.1) is 0 Å². The normalized spacial score (nSPS) is 10.6. The van der Waals surface area contributed by atoms with E-state index in [4.69, 9.17) is 16.3 Å². The van der Waals surface area contributed by atoms with E-state index < -0.39 is 0 Å². The third-order valence-corrected chi connectivity index (χ3v) is 3.34. The SMILES string of the molecule is CCc1ccc(OCC(=O)NN=Cc2ccccc2Cl)cc1. The van der Waals surface area contributed by atoms with Crippen LogP contribution in [0.4, 0.5) is 0 Å². The van der Waals surface area contributed by atoms with Crippen LogP contribution in [0.5, 0.6) is 5.75 Å². The molecule has 22 heavy (non-hydrogen) atoms. The lowest BCUT2D eigenvalue weighted by atomic mass is 10.2. The Bertz CT molecular complexity index is 654. The molecule has 0 saturated carbocycles. The third kappa shape index (κ3) is 4.90. The van der Waals surface area contributed by atoms with Gasteiger partial charge in [0, 0.05) is 10.6 Å². The molecule has 0 aliphatic heterocycles. The molecule has 0 unspecified atom stereocenters. The molecule has 2 aromatic carbocycles. The van der Waals surface area contributed by atoms with Gasteiger partial charge in [0.05, 0.1) is 6.21 Å². The Kier molecular flexibility index (Phi) is 5.98. The molecule has 2 aromatic rings. The zero-order valence-corrected chi connectivity index (χ0v) is 13.0. The van der Waals surface area contributed by atoms with Crippen molar-refractivity contribution >= 4 is 23.7 Å². The van der Waals surface area contributed by atoms with Crippen LogP contribution in [0.1, 0.15) is 18.1 Å². The maximum atomic E-state index is 11.6. The van der Waals surface area contributed by atoms with E-state index >= 15 is 0 Å². The average molecular weight is 317 g/mol. The van der Waals surface area contributed by atoms with Crippen LogP contribution < -0.4 is 10.2 Å². The molecule has 0 aliphatic rings. The van der Waals surface area contributed by atoms with Crippen LogP contribution >= 0.6 is 11.6 Å². The quantitative estimate of drug-likeness (QED) is 0.655. The van der Waals surface area contributed by atoms with Crippen molar-refractivity contribution in [1.82, 2.24) is 5.43 Å². The molecular formula is C17H17ClN2O2. The zero-order chi connectivity index (χ0) is 15.8. The van der Waals surface area contributed by atoms with E-state index in [1.165, 1.54) is 11.8 Å². The highest BCUT2D eigenvalue weighted by Crippen LogP contribution is 2.13. The first kappa shape index (κ1) is 16.0. The highest BCUT2D eigenvalue weighted by atomic mass is 35.5. The van der Waals surface area contributed by atoms with Gasteiger partial charge < -0.3 is 4.74 Å². The van der Waals surface area contributed by atoms with Crippen molar-refractivity contribution in [3.05, 3.63) is 64.7 Å². The lowest BCUT2D eigenvalue weighted by Crippen LogP contribution is -2.24. The number of nitrogens with one attached hydrogen (secondary N) is 1. The number of carbonyl (C=O) groups excluding carboxylic acids is 1. The molecule has 4 nitrogen and oxygen atoms in total. The number of hydrazone groups is 1. The van der Waals surface area contributed by atoms with Crippen molar-refractivity contribution in [2.75, 3.05) is 6.61 Å². The van der Waals surface area contributed by atoms with Crippen LogP contribution in [0.3, 0.4) is 0 Å². The molecule has 114 valence electrons. The summed E-state index contributed by atoms with van der Waals surface area (Å²) in [5.74, 6) is 0.324. The minimum absolute atomic E-state index is 0.0919. The molecular weight excluding hydrogens is 300 g/mol. The van der Waals surface area contributed by atoms with Crippen molar-refractivity contribution in [3.63, 3.8) is 0 Å². The van der Waals surface area contributed by atoms with Crippen molar-refractivity contribution in [1.29, 1.82) is 0 Å². The number of nitrogens with zero attached hydrogens (tertiary/aromatic N) is 1. The molecule has 0 atom stereocenters. The Hall–Kier alpha value is -2.33. The minimum Gasteiger partial charge on any atom is -0.484 e. The minimum atomic E-state index is -0.331. The van der Waals surface area contributed by atoms with E-state index in [1.54, 1.807) is 6.07 Å². The van der Waals surface area contributed by atoms with E-state index in [1.807, 2.05) is 42.5 Å². The summed E-state index contributed by atoms with van der Waals surface area (Å²) in [6.45, 7) is 1.99. The molecule has 0 bridgehead atoms. The predicted octanol–water partition coefficient (Wildman–Crippen LogP) is 3.43. The highest BCUT2D eigenvalue weighted by Gasteiger charge is 2.01. The molecule has 0 aromatic heterocycles. The summed E-state index contributed by atoms with van der Waals surface area (Å²) < 4.78 is 5.38. The topological polar surface area (TPSA) is 50.7 Å². The van der Waals surface area contributed by atoms with Crippen molar-refractivity contribution in [3.8, 4) is 5.75 Å². The standard InChI is InChI=1S/C17H17ClN2O2/c1-2-13-7-9-15(10-8-13)22-12-17(21)20-19-11-14-5-3-4-6-16(14)18/h3-11H,2,12H2,1H3,(H,20,21). The fourth-order valence-corrected chi connectivity index (χ4v) is 1.94. The van der Waals surface area contributed by atoms with E-state index in [-0.39, 0.29) is 12.5 Å². The molecule has 0 radical (unpaired) electrons. The van der Waals surface area contributed by atoms with Crippen LogP contribution in [-0.4, -0.2) is 18.7 Å². The summed E-state index contributed by atoms with van der Waals surface area (Å²) in [5, 5.41) is 4.43. The molecule has 1 amide bonds. The first-order valence-electron chi connectivity index (χ1n) is 6.97. The lowest BCUT2D eigenvalue weighted by molar-refractivity contribution is -0.123. The van der Waals surface area contributed by atoms with E-state index in [0.29, 0.717) is 10.8 Å². The Morgan fingerprint density at radius 2 is 1.95 bits per heavy atom. The molecule has 1 N–H and O–H groups in total. The van der Waals surface area contributed by atoms with Crippen LogP contribution in [0.15, 0.2) is 53.6 Å². The predicted molar refractivity (Wildman–Crippen MR) is 88.5 cm³/mol. The summed E-state index contributed by atoms with van der Waals surface area (Å²) in [5.41, 5.74) is 4.36. The number of carbonyl (C=O) groups is 1. The number of benzene rings is 2. The summed E-state index contributed by atoms with van der Waals surface area (Å²) in [6.07, 6.45) is 2.47. The maximum absolute atomic E-state index is 11.6. The number of hydrogen-bond donors (Lipinski definition) is 1. The average Bonchev–Trinajstić information content (AvgIpc) is 2.55. The molecule has 0 fully saturated rings. The number of rotatable bonds is 6. The molecule has 0 aliphatic carbocycles. The first-order chi connectivity index (χ1) is 10.7. The highest BCUT2D eigenvalue weighted by molar-refractivity contribution is 6.33. The Morgan fingerprint density at radius 1 is 1.23 bits per heavy atom. The largest absolute Gasteiger partial charge is 0.484 e. The van der Waals surface area contributed by atoms with Crippen LogP contribution in [-0.2, 0) is 11.2 Å². The van der Waals surface area contributed by atoms with Gasteiger partial charge in [0.2, 0.25) is 0 Å². The monoisotopic (exact) mass is 316 g/mol. The summed E-state index contributed by atoms with van der Waals surface area (Å²) in [6, 6.07) is 14.9. The molecule has 0 spiro atoms. The van der Waals surface area contributed by atoms with E-state index in [2.05, 4.69) is 17.5 Å². The second kappa shape index (κ2) is 8.20. The van der Waals surface area contributed by atoms with E-state index in [9.17, 15) is 4.79 Å². The second-order valence-electron chi connectivity index (χ2n) is 4.60. The number of hydrogen-bond acceptors (Lipinski definition) is 3. The fourth-order valence-electron chi connectivity index (χ4n) is 1.76. The smallest absolute Gasteiger partial charge is 0.277 e. The fraction of sp³-hybridized carbons (Fsp3) is 0.176. The molecule has 0 heterocycles. The van der Waals surface area contributed by atoms with Gasteiger partial charge in [0.1, 0.15) is 5.75 Å². The molecule has 2 rings (SSSR count). The van der Waals surface area contributed by atoms with Crippen LogP contribution in [0.2, 0.25) is 5.02 Å². The van der Waals surface area contributed by atoms with Gasteiger partial charge >= 0.3 is 0 Å². The number of ether oxygens (including phenoxy) is 1. The zero-order valence-electron chi connectivity index (χ0n) is 12.3. The van der Waals surface area contributed by atoms with Crippen LogP contribution in [0.25, 0.3) is 0 Å². The van der Waals surface area contributed by atoms with Gasteiger partial charge in [-0.2, -0.15) is 5.10 Å². The van der Waals surface area contributed by atoms with Gasteiger partial charge in [-0.25, -0.2) is 5.43 Å². The van der Waals surface area contributed by atoms with Gasteiger partial charge in [-0.1, -0.05) is 48.9 Å². The number of aryl methyl sites for hydroxylation is 1. The Labute approximate surface area is 134 Å². The van der Waals surface area contributed by atoms with Crippen molar-refractivity contribution in [2.45, 2.75) is 13.3 Å². The van der Waals surface area contributed by atoms with E-state index in [0.717, 1.165) is 12.0 Å². The lowest BCUT2D eigenvalue weighted by Gasteiger charge is -2.05. The number of amides is 1. The van der Waals surface area contributed by atoms with Gasteiger partial charge in [-0.3, -0.25) is 4.79 Å². The van der Waals surface area contributed by atoms with Crippen LogP contribution in [0, 0.1) is 0 Å². The molecule has 5 heteroatoms. The van der Waals surface area contributed by atoms with Gasteiger partial charge in [0.15, 0.2) is 6.61 Å². The molecule has 0 saturated heterocycles. The maximum Gasteiger partial charge on any atom is 0.277 e. The Morgan fingerprint density at radius 3 is 2.64 bits per heavy atom. The summed E-state index contributed by atoms with van der Waals surface area (Å²) >= 11 is 5.98. The summed E-state index contributed by atoms with van der Waals surface area (Å²) in [7, 11) is 0.